The molecule has 0 fully saturated rings. The van der Waals surface area contributed by atoms with Gasteiger partial charge in [-0.2, -0.15) is 5.10 Å². The van der Waals surface area contributed by atoms with Crippen molar-refractivity contribution >= 4 is 15.7 Å². The summed E-state index contributed by atoms with van der Waals surface area (Å²) < 4.78 is 36.1. The summed E-state index contributed by atoms with van der Waals surface area (Å²) in [6.07, 6.45) is 1.14. The minimum absolute atomic E-state index is 0.141. The second kappa shape index (κ2) is 4.59. The molecule has 0 aliphatic rings. The molecule has 2 rings (SSSR count). The van der Waals surface area contributed by atoms with E-state index in [-0.39, 0.29) is 5.82 Å². The zero-order valence-corrected chi connectivity index (χ0v) is 12.3. The van der Waals surface area contributed by atoms with Crippen LogP contribution in [-0.4, -0.2) is 24.9 Å². The van der Waals surface area contributed by atoms with Gasteiger partial charge in [0.1, 0.15) is 10.6 Å². The Balaban J connectivity index is 2.71. The summed E-state index contributed by atoms with van der Waals surface area (Å²) in [5.41, 5.74) is 7.06. The van der Waals surface area contributed by atoms with Crippen molar-refractivity contribution in [3.63, 3.8) is 0 Å². The monoisotopic (exact) mass is 297 g/mol. The van der Waals surface area contributed by atoms with Gasteiger partial charge in [-0.15, -0.1) is 0 Å². The first kappa shape index (κ1) is 14.5. The van der Waals surface area contributed by atoms with Gasteiger partial charge < -0.3 is 5.73 Å². The van der Waals surface area contributed by atoms with Gasteiger partial charge in [-0.3, -0.25) is 5.10 Å². The first-order valence-corrected chi connectivity index (χ1v) is 7.83. The smallest absolute Gasteiger partial charge is 0.158 e. The summed E-state index contributed by atoms with van der Waals surface area (Å²) in [6.45, 7) is 3.11. The van der Waals surface area contributed by atoms with E-state index in [1.807, 2.05) is 0 Å². The molecule has 1 aromatic heterocycles. The number of halogens is 1. The van der Waals surface area contributed by atoms with Gasteiger partial charge in [-0.05, 0) is 31.5 Å². The second-order valence-corrected chi connectivity index (χ2v) is 7.72. The van der Waals surface area contributed by atoms with Crippen molar-refractivity contribution in [3.05, 3.63) is 35.8 Å². The van der Waals surface area contributed by atoms with E-state index >= 15 is 0 Å². The van der Waals surface area contributed by atoms with E-state index in [1.165, 1.54) is 18.2 Å². The zero-order valence-electron chi connectivity index (χ0n) is 11.4. The SMILES string of the molecule is CC(C)(c1[nH]nc(N)c1-c1cccc(F)c1)S(C)(=O)=O. The highest BCUT2D eigenvalue weighted by atomic mass is 32.2. The molecule has 0 saturated heterocycles. The van der Waals surface area contributed by atoms with Gasteiger partial charge in [0.25, 0.3) is 0 Å². The molecule has 0 radical (unpaired) electrons. The molecule has 0 saturated carbocycles. The predicted molar refractivity (Wildman–Crippen MR) is 76.3 cm³/mol. The lowest BCUT2D eigenvalue weighted by molar-refractivity contribution is 0.556. The molecule has 108 valence electrons. The predicted octanol–water partition coefficient (Wildman–Crippen LogP) is 2.08. The highest BCUT2D eigenvalue weighted by Crippen LogP contribution is 2.38. The average Bonchev–Trinajstić information content (AvgIpc) is 2.70. The quantitative estimate of drug-likeness (QED) is 0.907. The number of benzene rings is 1. The van der Waals surface area contributed by atoms with Crippen LogP contribution in [0.2, 0.25) is 0 Å². The Morgan fingerprint density at radius 2 is 2.00 bits per heavy atom. The fourth-order valence-electron chi connectivity index (χ4n) is 1.91. The van der Waals surface area contributed by atoms with Crippen molar-refractivity contribution in [2.75, 3.05) is 12.0 Å². The van der Waals surface area contributed by atoms with Gasteiger partial charge >= 0.3 is 0 Å². The van der Waals surface area contributed by atoms with Crippen LogP contribution in [0.3, 0.4) is 0 Å². The molecule has 0 unspecified atom stereocenters. The van der Waals surface area contributed by atoms with Crippen molar-refractivity contribution in [1.29, 1.82) is 0 Å². The molecular formula is C13H16FN3O2S. The molecule has 1 heterocycles. The molecular weight excluding hydrogens is 281 g/mol. The number of nitrogens with one attached hydrogen (secondary N) is 1. The molecule has 0 aliphatic heterocycles. The lowest BCUT2D eigenvalue weighted by Gasteiger charge is -2.22. The highest BCUT2D eigenvalue weighted by molar-refractivity contribution is 7.91. The van der Waals surface area contributed by atoms with Crippen LogP contribution in [-0.2, 0) is 14.6 Å². The summed E-state index contributed by atoms with van der Waals surface area (Å²) in [5, 5.41) is 6.53. The normalized spacial score (nSPS) is 12.6. The van der Waals surface area contributed by atoms with Crippen LogP contribution >= 0.6 is 0 Å². The fourth-order valence-corrected chi connectivity index (χ4v) is 2.43. The van der Waals surface area contributed by atoms with Crippen molar-refractivity contribution in [1.82, 2.24) is 10.2 Å². The molecule has 3 N–H and O–H groups in total. The van der Waals surface area contributed by atoms with E-state index in [9.17, 15) is 12.8 Å². The van der Waals surface area contributed by atoms with E-state index < -0.39 is 20.4 Å². The van der Waals surface area contributed by atoms with E-state index in [0.717, 1.165) is 6.26 Å². The molecule has 0 aliphatic carbocycles. The van der Waals surface area contributed by atoms with Gasteiger partial charge in [0.15, 0.2) is 15.7 Å². The summed E-state index contributed by atoms with van der Waals surface area (Å²) in [7, 11) is -3.40. The van der Waals surface area contributed by atoms with Crippen LogP contribution in [0, 0.1) is 5.82 Å². The third-order valence-corrected chi connectivity index (χ3v) is 5.49. The number of nitrogens with zero attached hydrogens (tertiary/aromatic N) is 1. The number of hydrogen-bond acceptors (Lipinski definition) is 4. The second-order valence-electron chi connectivity index (χ2n) is 5.15. The van der Waals surface area contributed by atoms with Crippen LogP contribution in [0.5, 0.6) is 0 Å². The van der Waals surface area contributed by atoms with Gasteiger partial charge in [-0.1, -0.05) is 12.1 Å². The standard InChI is InChI=1S/C13H16FN3O2S/c1-13(2,20(3,18)19)11-10(12(15)17-16-11)8-5-4-6-9(14)7-8/h4-7H,1-3H3,(H3,15,16,17). The van der Waals surface area contributed by atoms with Gasteiger partial charge in [0.2, 0.25) is 0 Å². The van der Waals surface area contributed by atoms with E-state index in [0.29, 0.717) is 16.8 Å². The van der Waals surface area contributed by atoms with Crippen LogP contribution in [0.25, 0.3) is 11.1 Å². The number of aromatic amines is 1. The first-order valence-electron chi connectivity index (χ1n) is 5.94. The number of nitrogens with two attached hydrogens (primary N) is 1. The Morgan fingerprint density at radius 1 is 1.35 bits per heavy atom. The van der Waals surface area contributed by atoms with Crippen LogP contribution < -0.4 is 5.73 Å². The van der Waals surface area contributed by atoms with Gasteiger partial charge in [0.05, 0.1) is 5.69 Å². The summed E-state index contributed by atoms with van der Waals surface area (Å²) in [5.74, 6) is -0.284. The van der Waals surface area contributed by atoms with Crippen LogP contribution in [0.4, 0.5) is 10.2 Å². The van der Waals surface area contributed by atoms with Gasteiger partial charge in [-0.25, -0.2) is 12.8 Å². The van der Waals surface area contributed by atoms with Crippen LogP contribution in [0.1, 0.15) is 19.5 Å². The Morgan fingerprint density at radius 3 is 2.55 bits per heavy atom. The molecule has 7 heteroatoms. The molecule has 20 heavy (non-hydrogen) atoms. The minimum atomic E-state index is -3.40. The molecule has 1 aromatic carbocycles. The Labute approximate surface area is 116 Å². The minimum Gasteiger partial charge on any atom is -0.382 e. The summed E-state index contributed by atoms with van der Waals surface area (Å²) in [6, 6.07) is 5.80. The maximum absolute atomic E-state index is 13.4. The van der Waals surface area contributed by atoms with Crippen molar-refractivity contribution in [3.8, 4) is 11.1 Å². The first-order chi connectivity index (χ1) is 9.14. The maximum atomic E-state index is 13.4. The zero-order chi connectivity index (χ0) is 15.1. The van der Waals surface area contributed by atoms with E-state index in [1.54, 1.807) is 19.9 Å². The number of nitrogen functional groups attached to an aromatic ring is 1. The third-order valence-electron chi connectivity index (χ3n) is 3.44. The van der Waals surface area contributed by atoms with Gasteiger partial charge in [0, 0.05) is 11.8 Å². The van der Waals surface area contributed by atoms with Crippen LogP contribution in [0.15, 0.2) is 24.3 Å². The molecule has 0 amide bonds. The largest absolute Gasteiger partial charge is 0.382 e. The molecule has 0 spiro atoms. The van der Waals surface area contributed by atoms with E-state index in [4.69, 9.17) is 5.73 Å². The Bertz CT molecular complexity index is 751. The van der Waals surface area contributed by atoms with E-state index in [2.05, 4.69) is 10.2 Å². The fraction of sp³-hybridized carbons (Fsp3) is 0.308. The third kappa shape index (κ3) is 2.29. The lowest BCUT2D eigenvalue weighted by Crippen LogP contribution is -2.29. The number of anilines is 1. The number of sulfone groups is 1. The summed E-state index contributed by atoms with van der Waals surface area (Å²) in [4.78, 5) is 0. The maximum Gasteiger partial charge on any atom is 0.158 e. The Hall–Kier alpha value is -1.89. The number of aromatic nitrogens is 2. The van der Waals surface area contributed by atoms with Crippen molar-refractivity contribution in [2.45, 2.75) is 18.6 Å². The number of rotatable bonds is 3. The Kier molecular flexibility index (Phi) is 3.33. The van der Waals surface area contributed by atoms with Crippen molar-refractivity contribution in [2.24, 2.45) is 0 Å². The number of H-pyrrole nitrogens is 1. The lowest BCUT2D eigenvalue weighted by atomic mass is 9.98. The number of hydrogen-bond donors (Lipinski definition) is 2. The highest BCUT2D eigenvalue weighted by Gasteiger charge is 2.37. The molecule has 0 atom stereocenters. The molecule has 0 bridgehead atoms. The van der Waals surface area contributed by atoms with Crippen molar-refractivity contribution < 1.29 is 12.8 Å². The molecule has 2 aromatic rings. The summed E-state index contributed by atoms with van der Waals surface area (Å²) >= 11 is 0. The topological polar surface area (TPSA) is 88.8 Å². The molecule has 5 nitrogen and oxygen atoms in total. The average molecular weight is 297 g/mol.